The van der Waals surface area contributed by atoms with E-state index in [0.29, 0.717) is 34.6 Å². The number of hydrogen-bond donors (Lipinski definition) is 3. The van der Waals surface area contributed by atoms with Gasteiger partial charge in [0.05, 0.1) is 10.7 Å². The van der Waals surface area contributed by atoms with Crippen molar-refractivity contribution in [2.45, 2.75) is 51.9 Å². The molecule has 11 heteroatoms. The third kappa shape index (κ3) is 9.66. The summed E-state index contributed by atoms with van der Waals surface area (Å²) < 4.78 is 44.2. The van der Waals surface area contributed by atoms with Crippen LogP contribution < -0.4 is 20.3 Å². The zero-order valence-corrected chi connectivity index (χ0v) is 22.4. The third-order valence-electron chi connectivity index (χ3n) is 5.49. The van der Waals surface area contributed by atoms with Gasteiger partial charge in [-0.3, -0.25) is 0 Å². The summed E-state index contributed by atoms with van der Waals surface area (Å²) in [4.78, 5) is 10.2. The van der Waals surface area contributed by atoms with E-state index in [1.54, 1.807) is 41.3 Å². The van der Waals surface area contributed by atoms with Crippen LogP contribution in [0.15, 0.2) is 54.9 Å². The van der Waals surface area contributed by atoms with Gasteiger partial charge in [-0.15, -0.1) is 0 Å². The molecule has 0 spiro atoms. The van der Waals surface area contributed by atoms with Crippen LogP contribution >= 0.6 is 11.6 Å². The minimum Gasteiger partial charge on any atom is -0.491 e. The average Bonchev–Trinajstić information content (AvgIpc) is 2.86. The molecular formula is C27H33ClF3N5O2. The van der Waals surface area contributed by atoms with Crippen molar-refractivity contribution in [1.82, 2.24) is 15.3 Å². The SMILES string of the molecule is Cc1ccc(Cl)c(N(CCCC(F)(F)F)c2cc(Nc3ccc(OCC(O)CNC(C)C)cc3)ncn2)c1. The highest BCUT2D eigenvalue weighted by Crippen LogP contribution is 2.34. The molecular weight excluding hydrogens is 519 g/mol. The van der Waals surface area contributed by atoms with Crippen LogP contribution in [0.4, 0.5) is 36.2 Å². The lowest BCUT2D eigenvalue weighted by molar-refractivity contribution is -0.134. The van der Waals surface area contributed by atoms with Gasteiger partial charge in [-0.05, 0) is 55.3 Å². The third-order valence-corrected chi connectivity index (χ3v) is 5.81. The zero-order valence-electron chi connectivity index (χ0n) is 21.6. The van der Waals surface area contributed by atoms with Gasteiger partial charge in [0.25, 0.3) is 0 Å². The quantitative estimate of drug-likeness (QED) is 0.227. The molecule has 0 aliphatic heterocycles. The van der Waals surface area contributed by atoms with Gasteiger partial charge < -0.3 is 25.4 Å². The first-order valence-electron chi connectivity index (χ1n) is 12.3. The number of aromatic nitrogens is 2. The molecule has 7 nitrogen and oxygen atoms in total. The first-order valence-corrected chi connectivity index (χ1v) is 12.7. The normalized spacial score (nSPS) is 12.4. The number of aliphatic hydroxyl groups is 1. The Bertz CT molecular complexity index is 1160. The van der Waals surface area contributed by atoms with Crippen LogP contribution in [0.2, 0.25) is 5.02 Å². The van der Waals surface area contributed by atoms with Crippen LogP contribution in [-0.2, 0) is 0 Å². The number of anilines is 4. The van der Waals surface area contributed by atoms with E-state index in [1.807, 2.05) is 32.9 Å². The van der Waals surface area contributed by atoms with E-state index in [2.05, 4.69) is 20.6 Å². The highest BCUT2D eigenvalue weighted by molar-refractivity contribution is 6.33. The number of hydrogen-bond acceptors (Lipinski definition) is 7. The van der Waals surface area contributed by atoms with Gasteiger partial charge >= 0.3 is 6.18 Å². The summed E-state index contributed by atoms with van der Waals surface area (Å²) in [5, 5.41) is 16.7. The maximum atomic E-state index is 12.8. The van der Waals surface area contributed by atoms with Gasteiger partial charge in [-0.1, -0.05) is 31.5 Å². The van der Waals surface area contributed by atoms with Crippen LogP contribution in [0, 0.1) is 6.92 Å². The highest BCUT2D eigenvalue weighted by Gasteiger charge is 2.27. The summed E-state index contributed by atoms with van der Waals surface area (Å²) >= 11 is 6.42. The van der Waals surface area contributed by atoms with E-state index < -0.39 is 18.7 Å². The molecule has 1 atom stereocenters. The van der Waals surface area contributed by atoms with Gasteiger partial charge in [0, 0.05) is 37.3 Å². The lowest BCUT2D eigenvalue weighted by atomic mass is 10.2. The van der Waals surface area contributed by atoms with E-state index in [9.17, 15) is 18.3 Å². The molecule has 1 unspecified atom stereocenters. The second kappa shape index (κ2) is 13.6. The molecule has 0 bridgehead atoms. The molecule has 3 aromatic rings. The summed E-state index contributed by atoms with van der Waals surface area (Å²) in [7, 11) is 0. The second-order valence-corrected chi connectivity index (χ2v) is 9.67. The minimum atomic E-state index is -4.25. The summed E-state index contributed by atoms with van der Waals surface area (Å²) in [5.74, 6) is 1.48. The Morgan fingerprint density at radius 1 is 1.08 bits per heavy atom. The lowest BCUT2D eigenvalue weighted by Crippen LogP contribution is -2.35. The monoisotopic (exact) mass is 551 g/mol. The molecule has 0 amide bonds. The van der Waals surface area contributed by atoms with Crippen LogP contribution in [0.1, 0.15) is 32.3 Å². The van der Waals surface area contributed by atoms with Crippen LogP contribution in [0.25, 0.3) is 0 Å². The van der Waals surface area contributed by atoms with E-state index >= 15 is 0 Å². The molecule has 0 saturated carbocycles. The standard InChI is InChI=1S/C27H33ClF3N5O2/c1-18(2)32-15-21(37)16-38-22-8-6-20(7-9-22)35-25-14-26(34-17-33-25)36(12-4-11-27(29,30)31)24-13-19(3)5-10-23(24)28/h5-10,13-14,17-18,21,32,37H,4,11-12,15-16H2,1-3H3,(H,33,34,35). The van der Waals surface area contributed by atoms with E-state index in [4.69, 9.17) is 16.3 Å². The summed E-state index contributed by atoms with van der Waals surface area (Å²) in [5.41, 5.74) is 2.22. The van der Waals surface area contributed by atoms with Crippen molar-refractivity contribution >= 4 is 34.6 Å². The summed E-state index contributed by atoms with van der Waals surface area (Å²) in [6, 6.07) is 14.4. The fourth-order valence-electron chi connectivity index (χ4n) is 3.59. The largest absolute Gasteiger partial charge is 0.491 e. The summed E-state index contributed by atoms with van der Waals surface area (Å²) in [6.07, 6.45) is -4.56. The van der Waals surface area contributed by atoms with Crippen LogP contribution in [-0.4, -0.2) is 53.1 Å². The number of benzene rings is 2. The number of alkyl halides is 3. The van der Waals surface area contributed by atoms with Gasteiger partial charge in [0.15, 0.2) is 0 Å². The molecule has 206 valence electrons. The molecule has 0 aliphatic rings. The molecule has 0 saturated heterocycles. The van der Waals surface area contributed by atoms with Gasteiger partial charge in [0.2, 0.25) is 0 Å². The van der Waals surface area contributed by atoms with Gasteiger partial charge in [-0.25, -0.2) is 9.97 Å². The Morgan fingerprint density at radius 2 is 1.82 bits per heavy atom. The van der Waals surface area contributed by atoms with Gasteiger partial charge in [0.1, 0.15) is 36.4 Å². The Kier molecular flexibility index (Phi) is 10.6. The Balaban J connectivity index is 1.71. The number of nitrogens with one attached hydrogen (secondary N) is 2. The Morgan fingerprint density at radius 3 is 2.50 bits per heavy atom. The number of halogens is 4. The molecule has 3 N–H and O–H groups in total. The first kappa shape index (κ1) is 29.5. The fourth-order valence-corrected chi connectivity index (χ4v) is 3.81. The van der Waals surface area contributed by atoms with E-state index in [0.717, 1.165) is 11.3 Å². The maximum Gasteiger partial charge on any atom is 0.389 e. The van der Waals surface area contributed by atoms with Gasteiger partial charge in [-0.2, -0.15) is 13.2 Å². The van der Waals surface area contributed by atoms with Crippen molar-refractivity contribution < 1.29 is 23.0 Å². The lowest BCUT2D eigenvalue weighted by Gasteiger charge is -2.26. The maximum absolute atomic E-state index is 12.8. The number of nitrogens with zero attached hydrogens (tertiary/aromatic N) is 3. The van der Waals surface area contributed by atoms with Crippen molar-refractivity contribution in [3.05, 3.63) is 65.4 Å². The molecule has 0 radical (unpaired) electrons. The summed E-state index contributed by atoms with van der Waals surface area (Å²) in [6.45, 7) is 6.56. The molecule has 3 rings (SSSR count). The van der Waals surface area contributed by atoms with E-state index in [1.165, 1.54) is 6.33 Å². The van der Waals surface area contributed by atoms with E-state index in [-0.39, 0.29) is 25.6 Å². The smallest absolute Gasteiger partial charge is 0.389 e. The molecule has 2 aromatic carbocycles. The minimum absolute atomic E-state index is 0.0731. The predicted octanol–water partition coefficient (Wildman–Crippen LogP) is 6.40. The van der Waals surface area contributed by atoms with Crippen molar-refractivity contribution in [1.29, 1.82) is 0 Å². The van der Waals surface area contributed by atoms with Crippen molar-refractivity contribution in [2.75, 3.05) is 29.9 Å². The number of aliphatic hydroxyl groups excluding tert-OH is 1. The Labute approximate surface area is 226 Å². The van der Waals surface area contributed by atoms with Crippen molar-refractivity contribution in [2.24, 2.45) is 0 Å². The zero-order chi connectivity index (χ0) is 27.7. The number of aryl methyl sites for hydroxylation is 1. The van der Waals surface area contributed by atoms with Crippen molar-refractivity contribution in [3.63, 3.8) is 0 Å². The molecule has 38 heavy (non-hydrogen) atoms. The second-order valence-electron chi connectivity index (χ2n) is 9.26. The molecule has 1 aromatic heterocycles. The molecule has 0 aliphatic carbocycles. The molecule has 0 fully saturated rings. The fraction of sp³-hybridized carbons (Fsp3) is 0.407. The average molecular weight is 552 g/mol. The topological polar surface area (TPSA) is 82.5 Å². The van der Waals surface area contributed by atoms with Crippen LogP contribution in [0.3, 0.4) is 0 Å². The molecule has 1 heterocycles. The van der Waals surface area contributed by atoms with Crippen molar-refractivity contribution in [3.8, 4) is 5.75 Å². The van der Waals surface area contributed by atoms with Crippen LogP contribution in [0.5, 0.6) is 5.75 Å². The first-order chi connectivity index (χ1) is 18.0. The Hall–Kier alpha value is -3.08. The predicted molar refractivity (Wildman–Crippen MR) is 145 cm³/mol. The number of ether oxygens (including phenoxy) is 1. The number of rotatable bonds is 13. The highest BCUT2D eigenvalue weighted by atomic mass is 35.5.